The molecule has 0 fully saturated rings. The van der Waals surface area contributed by atoms with E-state index in [0.29, 0.717) is 5.76 Å². The molecule has 0 atom stereocenters. The van der Waals surface area contributed by atoms with Crippen molar-refractivity contribution in [3.05, 3.63) is 53.3 Å². The third kappa shape index (κ3) is 3.85. The van der Waals surface area contributed by atoms with Crippen LogP contribution >= 0.6 is 0 Å². The fourth-order valence-electron chi connectivity index (χ4n) is 2.17. The number of benzene rings is 1. The van der Waals surface area contributed by atoms with E-state index in [2.05, 4.69) is 26.1 Å². The Kier molecular flexibility index (Phi) is 4.79. The number of carbonyl (C=O) groups excluding carboxylic acids is 1. The van der Waals surface area contributed by atoms with Gasteiger partial charge in [0.25, 0.3) is 5.91 Å². The molecule has 2 N–H and O–H groups in total. The molecule has 0 saturated heterocycles. The zero-order valence-electron chi connectivity index (χ0n) is 14.2. The molecule has 0 aliphatic heterocycles. The zero-order chi connectivity index (χ0) is 17.9. The maximum atomic E-state index is 11.9. The van der Waals surface area contributed by atoms with Gasteiger partial charge in [-0.2, -0.15) is 5.26 Å². The van der Waals surface area contributed by atoms with E-state index in [1.54, 1.807) is 18.2 Å². The van der Waals surface area contributed by atoms with Crippen LogP contribution in [0.2, 0.25) is 0 Å². The second-order valence-electron chi connectivity index (χ2n) is 6.52. The largest absolute Gasteiger partial charge is 0.511 e. The maximum absolute atomic E-state index is 11.9. The van der Waals surface area contributed by atoms with Crippen molar-refractivity contribution in [3.8, 4) is 17.4 Å². The Labute approximate surface area is 141 Å². The molecule has 0 spiro atoms. The van der Waals surface area contributed by atoms with Crippen LogP contribution in [0.25, 0.3) is 11.3 Å². The van der Waals surface area contributed by atoms with Crippen molar-refractivity contribution in [2.24, 2.45) is 0 Å². The van der Waals surface area contributed by atoms with Crippen LogP contribution in [0.4, 0.5) is 5.88 Å². The lowest BCUT2D eigenvalue weighted by Crippen LogP contribution is -2.14. The molecule has 0 aliphatic rings. The number of nitriles is 1. The van der Waals surface area contributed by atoms with E-state index in [1.807, 2.05) is 24.3 Å². The molecule has 1 aromatic heterocycles. The van der Waals surface area contributed by atoms with Gasteiger partial charge in [0, 0.05) is 11.6 Å². The standard InChI is InChI=1S/C19H20N2O3/c1-12(22)15(11-20)18(23)21-17-10-9-16(24-17)13-5-7-14(8-6-13)19(2,3)4/h5-10,22H,1-4H3,(H,21,23). The average Bonchev–Trinajstić information content (AvgIpc) is 2.95. The highest BCUT2D eigenvalue weighted by molar-refractivity contribution is 6.06. The number of furan rings is 1. The molecule has 1 aromatic carbocycles. The molecule has 0 unspecified atom stereocenters. The van der Waals surface area contributed by atoms with Gasteiger partial charge >= 0.3 is 0 Å². The summed E-state index contributed by atoms with van der Waals surface area (Å²) >= 11 is 0. The van der Waals surface area contributed by atoms with Crippen molar-refractivity contribution >= 4 is 11.8 Å². The van der Waals surface area contributed by atoms with Crippen LogP contribution in [0.5, 0.6) is 0 Å². The van der Waals surface area contributed by atoms with E-state index >= 15 is 0 Å². The summed E-state index contributed by atoms with van der Waals surface area (Å²) < 4.78 is 5.59. The molecule has 2 aromatic rings. The van der Waals surface area contributed by atoms with Gasteiger partial charge in [0.15, 0.2) is 11.5 Å². The number of hydrogen-bond donors (Lipinski definition) is 2. The Hall–Kier alpha value is -3.00. The van der Waals surface area contributed by atoms with Crippen LogP contribution in [-0.4, -0.2) is 11.0 Å². The molecule has 124 valence electrons. The molecular formula is C19H20N2O3. The van der Waals surface area contributed by atoms with Gasteiger partial charge in [-0.1, -0.05) is 45.0 Å². The van der Waals surface area contributed by atoms with Crippen molar-refractivity contribution in [3.63, 3.8) is 0 Å². The van der Waals surface area contributed by atoms with Crippen molar-refractivity contribution in [1.29, 1.82) is 5.26 Å². The Bertz CT molecular complexity index is 812. The van der Waals surface area contributed by atoms with Crippen molar-refractivity contribution in [1.82, 2.24) is 0 Å². The van der Waals surface area contributed by atoms with Crippen molar-refractivity contribution in [2.45, 2.75) is 33.1 Å². The fraction of sp³-hybridized carbons (Fsp3) is 0.263. The van der Waals surface area contributed by atoms with Gasteiger partial charge in [-0.15, -0.1) is 0 Å². The van der Waals surface area contributed by atoms with Gasteiger partial charge in [-0.05, 0) is 24.0 Å². The number of rotatable bonds is 3. The van der Waals surface area contributed by atoms with E-state index in [1.165, 1.54) is 12.5 Å². The van der Waals surface area contributed by atoms with E-state index < -0.39 is 5.91 Å². The number of aliphatic hydroxyl groups excluding tert-OH is 1. The summed E-state index contributed by atoms with van der Waals surface area (Å²) in [5, 5.41) is 20.6. The SMILES string of the molecule is CC(O)=C(C#N)C(=O)Nc1ccc(-c2ccc(C(C)(C)C)cc2)o1. The van der Waals surface area contributed by atoms with Gasteiger partial charge in [0.1, 0.15) is 17.6 Å². The van der Waals surface area contributed by atoms with Crippen LogP contribution in [0.1, 0.15) is 33.3 Å². The minimum atomic E-state index is -0.707. The minimum Gasteiger partial charge on any atom is -0.511 e. The summed E-state index contributed by atoms with van der Waals surface area (Å²) in [5.74, 6) is -0.223. The monoisotopic (exact) mass is 324 g/mol. The van der Waals surface area contributed by atoms with Gasteiger partial charge in [-0.3, -0.25) is 10.1 Å². The Balaban J connectivity index is 2.18. The lowest BCUT2D eigenvalue weighted by Gasteiger charge is -2.18. The Morgan fingerprint density at radius 1 is 1.17 bits per heavy atom. The molecule has 0 radical (unpaired) electrons. The van der Waals surface area contributed by atoms with Gasteiger partial charge in [0.2, 0.25) is 0 Å². The first-order valence-electron chi connectivity index (χ1n) is 7.54. The normalized spacial score (nSPS) is 12.3. The maximum Gasteiger partial charge on any atom is 0.272 e. The van der Waals surface area contributed by atoms with Crippen LogP contribution in [-0.2, 0) is 10.2 Å². The van der Waals surface area contributed by atoms with Crippen molar-refractivity contribution < 1.29 is 14.3 Å². The second-order valence-corrected chi connectivity index (χ2v) is 6.52. The summed E-state index contributed by atoms with van der Waals surface area (Å²) in [5.41, 5.74) is 1.83. The average molecular weight is 324 g/mol. The number of nitrogens with one attached hydrogen (secondary N) is 1. The molecular weight excluding hydrogens is 304 g/mol. The van der Waals surface area contributed by atoms with E-state index in [-0.39, 0.29) is 22.6 Å². The number of nitrogens with zero attached hydrogens (tertiary/aromatic N) is 1. The zero-order valence-corrected chi connectivity index (χ0v) is 14.2. The predicted molar refractivity (Wildman–Crippen MR) is 92.4 cm³/mol. The molecule has 5 heteroatoms. The first kappa shape index (κ1) is 17.4. The summed E-state index contributed by atoms with van der Waals surface area (Å²) in [6, 6.07) is 13.0. The number of amides is 1. The number of carbonyl (C=O) groups is 1. The Morgan fingerprint density at radius 2 is 1.79 bits per heavy atom. The van der Waals surface area contributed by atoms with Gasteiger partial charge < -0.3 is 9.52 Å². The molecule has 1 amide bonds. The number of aliphatic hydroxyl groups is 1. The lowest BCUT2D eigenvalue weighted by molar-refractivity contribution is -0.112. The molecule has 0 saturated carbocycles. The summed E-state index contributed by atoms with van der Waals surface area (Å²) in [6.45, 7) is 7.71. The number of allylic oxidation sites excluding steroid dienone is 1. The lowest BCUT2D eigenvalue weighted by atomic mass is 9.86. The smallest absolute Gasteiger partial charge is 0.272 e. The molecule has 2 rings (SSSR count). The number of anilines is 1. The third-order valence-corrected chi connectivity index (χ3v) is 3.58. The van der Waals surface area contributed by atoms with E-state index in [0.717, 1.165) is 5.56 Å². The van der Waals surface area contributed by atoms with Crippen LogP contribution in [0, 0.1) is 11.3 Å². The quantitative estimate of drug-likeness (QED) is 0.493. The van der Waals surface area contributed by atoms with E-state index in [4.69, 9.17) is 9.68 Å². The highest BCUT2D eigenvalue weighted by Crippen LogP contribution is 2.28. The molecule has 1 heterocycles. The highest BCUT2D eigenvalue weighted by atomic mass is 16.4. The summed E-state index contributed by atoms with van der Waals surface area (Å²) in [7, 11) is 0. The van der Waals surface area contributed by atoms with Crippen molar-refractivity contribution in [2.75, 3.05) is 5.32 Å². The number of hydrogen-bond acceptors (Lipinski definition) is 4. The molecule has 5 nitrogen and oxygen atoms in total. The topological polar surface area (TPSA) is 86.3 Å². The first-order valence-corrected chi connectivity index (χ1v) is 7.54. The summed E-state index contributed by atoms with van der Waals surface area (Å²) in [6.07, 6.45) is 0. The third-order valence-electron chi connectivity index (χ3n) is 3.58. The highest BCUT2D eigenvalue weighted by Gasteiger charge is 2.16. The molecule has 0 aliphatic carbocycles. The minimum absolute atomic E-state index is 0.0724. The van der Waals surface area contributed by atoms with E-state index in [9.17, 15) is 9.90 Å². The molecule has 24 heavy (non-hydrogen) atoms. The van der Waals surface area contributed by atoms with Gasteiger partial charge in [0.05, 0.1) is 0 Å². The van der Waals surface area contributed by atoms with Crippen LogP contribution < -0.4 is 5.32 Å². The Morgan fingerprint density at radius 3 is 2.29 bits per heavy atom. The fourth-order valence-corrected chi connectivity index (χ4v) is 2.17. The first-order chi connectivity index (χ1) is 11.2. The predicted octanol–water partition coefficient (Wildman–Crippen LogP) is 4.54. The second kappa shape index (κ2) is 6.63. The summed E-state index contributed by atoms with van der Waals surface area (Å²) in [4.78, 5) is 11.9. The van der Waals surface area contributed by atoms with Crippen LogP contribution in [0.15, 0.2) is 52.1 Å². The van der Waals surface area contributed by atoms with Crippen LogP contribution in [0.3, 0.4) is 0 Å². The molecule has 0 bridgehead atoms. The van der Waals surface area contributed by atoms with Gasteiger partial charge in [-0.25, -0.2) is 0 Å².